The largest absolute Gasteiger partial charge is 0.390 e. The Bertz CT molecular complexity index is 1220. The zero-order valence-corrected chi connectivity index (χ0v) is 20.7. The Morgan fingerprint density at radius 2 is 1.92 bits per heavy atom. The van der Waals surface area contributed by atoms with E-state index in [1.807, 2.05) is 6.07 Å². The maximum atomic E-state index is 14.1. The zero-order valence-electron chi connectivity index (χ0n) is 20.7. The number of nitrogens with zero attached hydrogens (tertiary/aromatic N) is 5. The van der Waals surface area contributed by atoms with Gasteiger partial charge in [-0.15, -0.1) is 0 Å². The molecule has 36 heavy (non-hydrogen) atoms. The maximum Gasteiger partial charge on any atom is 0.172 e. The highest BCUT2D eigenvalue weighted by atomic mass is 19.1. The molecule has 5 rings (SSSR count). The number of fused-ring (bicyclic) bond motifs is 1. The lowest BCUT2D eigenvalue weighted by Crippen LogP contribution is -2.46. The van der Waals surface area contributed by atoms with Crippen LogP contribution < -0.4 is 10.2 Å². The average molecular weight is 499 g/mol. The summed E-state index contributed by atoms with van der Waals surface area (Å²) >= 11 is 0. The van der Waals surface area contributed by atoms with Gasteiger partial charge in [0.1, 0.15) is 17.2 Å². The predicted molar refractivity (Wildman–Crippen MR) is 134 cm³/mol. The quantitative estimate of drug-likeness (QED) is 0.514. The summed E-state index contributed by atoms with van der Waals surface area (Å²) in [7, 11) is 0. The van der Waals surface area contributed by atoms with Gasteiger partial charge >= 0.3 is 0 Å². The van der Waals surface area contributed by atoms with Crippen molar-refractivity contribution in [1.82, 2.24) is 19.9 Å². The van der Waals surface area contributed by atoms with Gasteiger partial charge in [0, 0.05) is 63.1 Å². The second-order valence-corrected chi connectivity index (χ2v) is 10.3. The molecule has 3 aromatic rings. The number of aliphatic hydroxyl groups is 1. The van der Waals surface area contributed by atoms with Gasteiger partial charge in [-0.2, -0.15) is 0 Å². The predicted octanol–water partition coefficient (Wildman–Crippen LogP) is 3.14. The van der Waals surface area contributed by atoms with Crippen LogP contribution in [0.1, 0.15) is 31.5 Å². The van der Waals surface area contributed by atoms with Crippen LogP contribution in [0, 0.1) is 11.6 Å². The summed E-state index contributed by atoms with van der Waals surface area (Å²) in [6.45, 7) is 8.10. The van der Waals surface area contributed by atoms with Crippen LogP contribution in [0.3, 0.4) is 0 Å². The summed E-state index contributed by atoms with van der Waals surface area (Å²) in [5, 5.41) is 13.7. The van der Waals surface area contributed by atoms with Gasteiger partial charge in [-0.05, 0) is 32.4 Å². The van der Waals surface area contributed by atoms with Gasteiger partial charge in [0.2, 0.25) is 0 Å². The summed E-state index contributed by atoms with van der Waals surface area (Å²) in [5.41, 5.74) is 1.79. The van der Waals surface area contributed by atoms with E-state index in [9.17, 15) is 13.9 Å². The minimum Gasteiger partial charge on any atom is -0.390 e. The van der Waals surface area contributed by atoms with Gasteiger partial charge in [0.05, 0.1) is 30.0 Å². The van der Waals surface area contributed by atoms with Crippen molar-refractivity contribution in [2.45, 2.75) is 44.9 Å². The van der Waals surface area contributed by atoms with Crippen LogP contribution in [0.4, 0.5) is 20.4 Å². The van der Waals surface area contributed by atoms with Gasteiger partial charge in [-0.25, -0.2) is 18.7 Å². The minimum atomic E-state index is -0.868. The van der Waals surface area contributed by atoms with E-state index < -0.39 is 17.2 Å². The van der Waals surface area contributed by atoms with E-state index in [4.69, 9.17) is 14.7 Å². The Morgan fingerprint density at radius 1 is 1.11 bits per heavy atom. The standard InChI is InChI=1S/C26H32F2N6O2/c1-26(2,35)13-20-12-22-23(14-29-20)32-25(24(31-22)30-19-5-10-36-16-19)34-8-6-33(7-9-34)15-17-3-4-18(27)11-21(17)28/h3-4,11-12,14,19,35H,5-10,13,15-16H2,1-2H3,(H,30,31). The summed E-state index contributed by atoms with van der Waals surface area (Å²) in [6, 6.07) is 5.79. The van der Waals surface area contributed by atoms with Crippen molar-refractivity contribution in [3.05, 3.63) is 53.4 Å². The molecule has 2 aliphatic heterocycles. The molecule has 2 aliphatic rings. The third kappa shape index (κ3) is 5.88. The summed E-state index contributed by atoms with van der Waals surface area (Å²) < 4.78 is 32.9. The van der Waals surface area contributed by atoms with E-state index in [2.05, 4.69) is 20.1 Å². The molecule has 2 aromatic heterocycles. The van der Waals surface area contributed by atoms with E-state index in [0.717, 1.165) is 29.5 Å². The molecule has 10 heteroatoms. The first-order valence-electron chi connectivity index (χ1n) is 12.4. The number of anilines is 2. The molecule has 2 saturated heterocycles. The first-order chi connectivity index (χ1) is 17.2. The molecule has 0 spiro atoms. The van der Waals surface area contributed by atoms with Crippen LogP contribution in [0.2, 0.25) is 0 Å². The highest BCUT2D eigenvalue weighted by molar-refractivity contribution is 5.80. The molecule has 0 saturated carbocycles. The molecule has 1 atom stereocenters. The Labute approximate surface area is 209 Å². The average Bonchev–Trinajstić information content (AvgIpc) is 3.33. The molecule has 1 aromatic carbocycles. The molecule has 192 valence electrons. The van der Waals surface area contributed by atoms with Gasteiger partial charge in [-0.3, -0.25) is 9.88 Å². The van der Waals surface area contributed by atoms with E-state index in [1.54, 1.807) is 20.0 Å². The third-order valence-electron chi connectivity index (χ3n) is 6.55. The zero-order chi connectivity index (χ0) is 25.3. The number of benzene rings is 1. The normalized spacial score (nSPS) is 19.2. The van der Waals surface area contributed by atoms with Crippen molar-refractivity contribution >= 4 is 22.7 Å². The van der Waals surface area contributed by atoms with Crippen molar-refractivity contribution in [3.63, 3.8) is 0 Å². The Kier molecular flexibility index (Phi) is 7.00. The van der Waals surface area contributed by atoms with Gasteiger partial charge in [0.15, 0.2) is 11.6 Å². The molecule has 0 aliphatic carbocycles. The first kappa shape index (κ1) is 24.7. The lowest BCUT2D eigenvalue weighted by atomic mass is 10.0. The number of ether oxygens (including phenoxy) is 1. The highest BCUT2D eigenvalue weighted by Crippen LogP contribution is 2.28. The second-order valence-electron chi connectivity index (χ2n) is 10.3. The third-order valence-corrected chi connectivity index (χ3v) is 6.55. The highest BCUT2D eigenvalue weighted by Gasteiger charge is 2.25. The molecule has 0 amide bonds. The fourth-order valence-electron chi connectivity index (χ4n) is 4.70. The van der Waals surface area contributed by atoms with E-state index in [-0.39, 0.29) is 6.04 Å². The summed E-state index contributed by atoms with van der Waals surface area (Å²) in [5.74, 6) is 0.389. The number of rotatable bonds is 7. The molecule has 2 N–H and O–H groups in total. The molecule has 2 fully saturated rings. The topological polar surface area (TPSA) is 86.6 Å². The Balaban J connectivity index is 1.36. The fourth-order valence-corrected chi connectivity index (χ4v) is 4.70. The first-order valence-corrected chi connectivity index (χ1v) is 12.4. The molecule has 0 bridgehead atoms. The van der Waals surface area contributed by atoms with E-state index >= 15 is 0 Å². The van der Waals surface area contributed by atoms with Crippen molar-refractivity contribution < 1.29 is 18.6 Å². The number of hydrogen-bond acceptors (Lipinski definition) is 8. The van der Waals surface area contributed by atoms with Crippen LogP contribution in [0.5, 0.6) is 0 Å². The van der Waals surface area contributed by atoms with E-state index in [1.165, 1.54) is 12.1 Å². The minimum absolute atomic E-state index is 0.163. The van der Waals surface area contributed by atoms with Crippen LogP contribution in [-0.2, 0) is 17.7 Å². The number of piperazine rings is 1. The smallest absolute Gasteiger partial charge is 0.172 e. The molecule has 8 nitrogen and oxygen atoms in total. The fraction of sp³-hybridized carbons (Fsp3) is 0.500. The van der Waals surface area contributed by atoms with Crippen molar-refractivity contribution in [2.75, 3.05) is 49.6 Å². The molecular weight excluding hydrogens is 466 g/mol. The van der Waals surface area contributed by atoms with Crippen LogP contribution in [-0.4, -0.2) is 76.0 Å². The number of halogens is 2. The maximum absolute atomic E-state index is 14.1. The lowest BCUT2D eigenvalue weighted by Gasteiger charge is -2.36. The SMILES string of the molecule is CC(C)(O)Cc1cc2nc(NC3CCOC3)c(N3CCN(Cc4ccc(F)cc4F)CC3)nc2cn1. The van der Waals surface area contributed by atoms with Crippen LogP contribution in [0.15, 0.2) is 30.5 Å². The van der Waals surface area contributed by atoms with Gasteiger partial charge in [-0.1, -0.05) is 6.07 Å². The monoisotopic (exact) mass is 498 g/mol. The molecule has 0 radical (unpaired) electrons. The number of hydrogen-bond donors (Lipinski definition) is 2. The second kappa shape index (κ2) is 10.2. The number of nitrogens with one attached hydrogen (secondary N) is 1. The summed E-state index contributed by atoms with van der Waals surface area (Å²) in [6.07, 6.45) is 3.03. The van der Waals surface area contributed by atoms with Gasteiger partial charge in [0.25, 0.3) is 0 Å². The molecular formula is C26H32F2N6O2. The van der Waals surface area contributed by atoms with Crippen molar-refractivity contribution in [3.8, 4) is 0 Å². The van der Waals surface area contributed by atoms with Crippen molar-refractivity contribution in [1.29, 1.82) is 0 Å². The van der Waals surface area contributed by atoms with Crippen LogP contribution >= 0.6 is 0 Å². The Morgan fingerprint density at radius 3 is 2.61 bits per heavy atom. The van der Waals surface area contributed by atoms with Crippen molar-refractivity contribution in [2.24, 2.45) is 0 Å². The van der Waals surface area contributed by atoms with Gasteiger partial charge < -0.3 is 20.1 Å². The summed E-state index contributed by atoms with van der Waals surface area (Å²) in [4.78, 5) is 18.7. The van der Waals surface area contributed by atoms with Crippen LogP contribution in [0.25, 0.3) is 11.0 Å². The van der Waals surface area contributed by atoms with E-state index in [0.29, 0.717) is 69.3 Å². The Hall–Kier alpha value is -2.95. The molecule has 1 unspecified atom stereocenters. The molecule has 4 heterocycles. The number of pyridine rings is 1. The lowest BCUT2D eigenvalue weighted by molar-refractivity contribution is 0.0800. The number of aromatic nitrogens is 3.